The number of ether oxygens (including phenoxy) is 1. The van der Waals surface area contributed by atoms with Crippen LogP contribution < -0.4 is 0 Å². The SMILES string of the molecule is CC(C)CCOC(=O)[C@H]1CCCC[C@@H]1O. The number of esters is 1. The van der Waals surface area contributed by atoms with Crippen molar-refractivity contribution in [2.75, 3.05) is 6.61 Å². The van der Waals surface area contributed by atoms with Crippen molar-refractivity contribution in [1.82, 2.24) is 0 Å². The van der Waals surface area contributed by atoms with Gasteiger partial charge in [0.15, 0.2) is 0 Å². The molecule has 0 radical (unpaired) electrons. The molecule has 1 aliphatic carbocycles. The minimum Gasteiger partial charge on any atom is -0.465 e. The number of carbonyl (C=O) groups is 1. The molecule has 15 heavy (non-hydrogen) atoms. The molecule has 2 atom stereocenters. The van der Waals surface area contributed by atoms with Gasteiger partial charge >= 0.3 is 5.97 Å². The first-order valence-corrected chi connectivity index (χ1v) is 5.96. The highest BCUT2D eigenvalue weighted by Crippen LogP contribution is 2.25. The van der Waals surface area contributed by atoms with E-state index >= 15 is 0 Å². The summed E-state index contributed by atoms with van der Waals surface area (Å²) in [6, 6.07) is 0. The van der Waals surface area contributed by atoms with Gasteiger partial charge in [0.25, 0.3) is 0 Å². The van der Waals surface area contributed by atoms with Crippen LogP contribution in [0.1, 0.15) is 46.0 Å². The summed E-state index contributed by atoms with van der Waals surface area (Å²) < 4.78 is 5.16. The Morgan fingerprint density at radius 1 is 1.40 bits per heavy atom. The van der Waals surface area contributed by atoms with Gasteiger partial charge in [0.05, 0.1) is 18.6 Å². The molecule has 1 saturated carbocycles. The van der Waals surface area contributed by atoms with Crippen LogP contribution in [0.2, 0.25) is 0 Å². The molecule has 3 heteroatoms. The first-order chi connectivity index (χ1) is 7.11. The van der Waals surface area contributed by atoms with Crippen LogP contribution in [-0.2, 0) is 9.53 Å². The van der Waals surface area contributed by atoms with Crippen LogP contribution in [0.3, 0.4) is 0 Å². The Bertz CT molecular complexity index is 201. The quantitative estimate of drug-likeness (QED) is 0.729. The minimum atomic E-state index is -0.481. The zero-order chi connectivity index (χ0) is 11.3. The third-order valence-corrected chi connectivity index (χ3v) is 2.97. The molecule has 1 N–H and O–H groups in total. The summed E-state index contributed by atoms with van der Waals surface area (Å²) in [4.78, 5) is 11.6. The van der Waals surface area contributed by atoms with Gasteiger partial charge in [-0.05, 0) is 25.2 Å². The van der Waals surface area contributed by atoms with E-state index in [-0.39, 0.29) is 11.9 Å². The molecule has 0 heterocycles. The van der Waals surface area contributed by atoms with E-state index in [9.17, 15) is 9.90 Å². The topological polar surface area (TPSA) is 46.5 Å². The maximum absolute atomic E-state index is 11.6. The van der Waals surface area contributed by atoms with Crippen molar-refractivity contribution in [1.29, 1.82) is 0 Å². The summed E-state index contributed by atoms with van der Waals surface area (Å²) in [6.07, 6.45) is 3.99. The second-order valence-corrected chi connectivity index (χ2v) is 4.81. The number of hydrogen-bond acceptors (Lipinski definition) is 3. The van der Waals surface area contributed by atoms with Crippen LogP contribution in [0, 0.1) is 11.8 Å². The van der Waals surface area contributed by atoms with Crippen LogP contribution in [0.4, 0.5) is 0 Å². The van der Waals surface area contributed by atoms with Gasteiger partial charge in [-0.15, -0.1) is 0 Å². The van der Waals surface area contributed by atoms with E-state index in [1.807, 2.05) is 0 Å². The maximum Gasteiger partial charge on any atom is 0.311 e. The molecule has 1 aliphatic rings. The average molecular weight is 214 g/mol. The summed E-state index contributed by atoms with van der Waals surface area (Å²) in [7, 11) is 0. The number of aliphatic hydroxyl groups is 1. The Morgan fingerprint density at radius 2 is 2.07 bits per heavy atom. The van der Waals surface area contributed by atoms with Gasteiger partial charge in [0.2, 0.25) is 0 Å². The van der Waals surface area contributed by atoms with E-state index in [4.69, 9.17) is 4.74 Å². The molecule has 0 bridgehead atoms. The van der Waals surface area contributed by atoms with E-state index in [1.54, 1.807) is 0 Å². The number of hydrogen-bond donors (Lipinski definition) is 1. The van der Waals surface area contributed by atoms with Gasteiger partial charge in [0.1, 0.15) is 0 Å². The highest BCUT2D eigenvalue weighted by Gasteiger charge is 2.30. The van der Waals surface area contributed by atoms with Crippen LogP contribution >= 0.6 is 0 Å². The molecule has 0 amide bonds. The van der Waals surface area contributed by atoms with Gasteiger partial charge in [-0.1, -0.05) is 26.7 Å². The molecule has 0 aromatic carbocycles. The molecule has 0 aliphatic heterocycles. The van der Waals surface area contributed by atoms with Crippen molar-refractivity contribution in [2.24, 2.45) is 11.8 Å². The lowest BCUT2D eigenvalue weighted by molar-refractivity contribution is -0.154. The molecule has 0 spiro atoms. The summed E-state index contributed by atoms with van der Waals surface area (Å²) >= 11 is 0. The third-order valence-electron chi connectivity index (χ3n) is 2.97. The molecular formula is C12H22O3. The lowest BCUT2D eigenvalue weighted by atomic mass is 9.87. The monoisotopic (exact) mass is 214 g/mol. The molecule has 0 saturated heterocycles. The largest absolute Gasteiger partial charge is 0.465 e. The fraction of sp³-hybridized carbons (Fsp3) is 0.917. The van der Waals surface area contributed by atoms with Gasteiger partial charge in [-0.3, -0.25) is 4.79 Å². The van der Waals surface area contributed by atoms with E-state index < -0.39 is 6.10 Å². The van der Waals surface area contributed by atoms with E-state index in [0.29, 0.717) is 12.5 Å². The lowest BCUT2D eigenvalue weighted by Gasteiger charge is -2.25. The molecule has 1 rings (SSSR count). The minimum absolute atomic E-state index is 0.206. The van der Waals surface area contributed by atoms with E-state index in [2.05, 4.69) is 13.8 Å². The number of aliphatic hydroxyl groups excluding tert-OH is 1. The lowest BCUT2D eigenvalue weighted by Crippen LogP contribution is -2.32. The Morgan fingerprint density at radius 3 is 2.67 bits per heavy atom. The van der Waals surface area contributed by atoms with Crippen molar-refractivity contribution in [3.63, 3.8) is 0 Å². The van der Waals surface area contributed by atoms with Crippen molar-refractivity contribution in [3.8, 4) is 0 Å². The van der Waals surface area contributed by atoms with E-state index in [1.165, 1.54) is 0 Å². The second-order valence-electron chi connectivity index (χ2n) is 4.81. The molecule has 0 unspecified atom stereocenters. The smallest absolute Gasteiger partial charge is 0.311 e. The Labute approximate surface area is 91.8 Å². The van der Waals surface area contributed by atoms with Gasteiger partial charge in [-0.25, -0.2) is 0 Å². The first-order valence-electron chi connectivity index (χ1n) is 5.96. The molecular weight excluding hydrogens is 192 g/mol. The summed E-state index contributed by atoms with van der Waals surface area (Å²) in [5, 5.41) is 9.65. The predicted molar refractivity (Wildman–Crippen MR) is 58.4 cm³/mol. The van der Waals surface area contributed by atoms with Crippen molar-refractivity contribution < 1.29 is 14.6 Å². The zero-order valence-electron chi connectivity index (χ0n) is 9.74. The van der Waals surface area contributed by atoms with Gasteiger partial charge in [-0.2, -0.15) is 0 Å². The highest BCUT2D eigenvalue weighted by molar-refractivity contribution is 5.73. The first kappa shape index (κ1) is 12.5. The van der Waals surface area contributed by atoms with Crippen molar-refractivity contribution in [3.05, 3.63) is 0 Å². The third kappa shape index (κ3) is 4.20. The number of rotatable bonds is 4. The molecule has 0 aromatic heterocycles. The standard InChI is InChI=1S/C12H22O3/c1-9(2)7-8-15-12(14)10-5-3-4-6-11(10)13/h9-11,13H,3-8H2,1-2H3/t10-,11-/m0/s1. The van der Waals surface area contributed by atoms with Crippen molar-refractivity contribution >= 4 is 5.97 Å². The van der Waals surface area contributed by atoms with Crippen LogP contribution in [-0.4, -0.2) is 23.8 Å². The maximum atomic E-state index is 11.6. The van der Waals surface area contributed by atoms with Crippen LogP contribution in [0.15, 0.2) is 0 Å². The predicted octanol–water partition coefficient (Wildman–Crippen LogP) is 2.13. The summed E-state index contributed by atoms with van der Waals surface area (Å²) in [6.45, 7) is 4.69. The molecule has 0 aromatic rings. The fourth-order valence-corrected chi connectivity index (χ4v) is 1.89. The molecule has 88 valence electrons. The normalized spacial score (nSPS) is 26.7. The molecule has 1 fully saturated rings. The summed E-state index contributed by atoms with van der Waals surface area (Å²) in [5.41, 5.74) is 0. The molecule has 3 nitrogen and oxygen atoms in total. The van der Waals surface area contributed by atoms with E-state index in [0.717, 1.165) is 32.1 Å². The average Bonchev–Trinajstić information content (AvgIpc) is 2.17. The van der Waals surface area contributed by atoms with Crippen LogP contribution in [0.25, 0.3) is 0 Å². The Hall–Kier alpha value is -0.570. The Kier molecular flexibility index (Phi) is 5.09. The zero-order valence-corrected chi connectivity index (χ0v) is 9.74. The van der Waals surface area contributed by atoms with Crippen LogP contribution in [0.5, 0.6) is 0 Å². The van der Waals surface area contributed by atoms with Crippen molar-refractivity contribution in [2.45, 2.75) is 52.1 Å². The fourth-order valence-electron chi connectivity index (χ4n) is 1.89. The second kappa shape index (κ2) is 6.11. The number of carbonyl (C=O) groups excluding carboxylic acids is 1. The summed E-state index contributed by atoms with van der Waals surface area (Å²) in [5.74, 6) is 0.0721. The van der Waals surface area contributed by atoms with Gasteiger partial charge < -0.3 is 9.84 Å². The highest BCUT2D eigenvalue weighted by atomic mass is 16.5. The Balaban J connectivity index is 2.26. The van der Waals surface area contributed by atoms with Gasteiger partial charge in [0, 0.05) is 0 Å².